The molecule has 2 aromatic heterocycles. The predicted molar refractivity (Wildman–Crippen MR) is 118 cm³/mol. The number of hydrogen-bond acceptors (Lipinski definition) is 1. The van der Waals surface area contributed by atoms with E-state index >= 15 is 0 Å². The van der Waals surface area contributed by atoms with E-state index in [-0.39, 0.29) is 0 Å². The maximum atomic E-state index is 4.81. The number of aromatic nitrogens is 2. The van der Waals surface area contributed by atoms with Crippen LogP contribution in [0.4, 0.5) is 0 Å². The van der Waals surface area contributed by atoms with Gasteiger partial charge in [-0.05, 0) is 41.0 Å². The monoisotopic (exact) mass is 360 g/mol. The average molecular weight is 360 g/mol. The van der Waals surface area contributed by atoms with Crippen molar-refractivity contribution in [2.75, 3.05) is 0 Å². The van der Waals surface area contributed by atoms with Crippen molar-refractivity contribution in [1.82, 2.24) is 9.38 Å². The van der Waals surface area contributed by atoms with E-state index in [1.807, 2.05) is 0 Å². The van der Waals surface area contributed by atoms with Gasteiger partial charge in [0.15, 0.2) is 0 Å². The first-order valence-electron chi connectivity index (χ1n) is 9.48. The van der Waals surface area contributed by atoms with Crippen LogP contribution in [0.3, 0.4) is 0 Å². The Bertz CT molecular complexity index is 1300. The molecule has 0 radical (unpaired) electrons. The van der Waals surface area contributed by atoms with Gasteiger partial charge in [0.2, 0.25) is 0 Å². The van der Waals surface area contributed by atoms with Gasteiger partial charge in [-0.1, -0.05) is 84.4 Å². The van der Waals surface area contributed by atoms with Crippen molar-refractivity contribution in [1.29, 1.82) is 0 Å². The molecule has 0 saturated carbocycles. The van der Waals surface area contributed by atoms with Crippen molar-refractivity contribution in [3.8, 4) is 11.3 Å². The zero-order chi connectivity index (χ0) is 18.9. The summed E-state index contributed by atoms with van der Waals surface area (Å²) in [5.74, 6) is 0. The Balaban J connectivity index is 1.49. The normalized spacial score (nSPS) is 11.6. The average Bonchev–Trinajstić information content (AvgIpc) is 3.16. The molecular formula is C26H20N2. The van der Waals surface area contributed by atoms with Crippen LogP contribution in [-0.4, -0.2) is 9.38 Å². The molecule has 0 atom stereocenters. The zero-order valence-corrected chi connectivity index (χ0v) is 15.7. The molecule has 3 aromatic carbocycles. The van der Waals surface area contributed by atoms with E-state index in [0.29, 0.717) is 0 Å². The van der Waals surface area contributed by atoms with Gasteiger partial charge < -0.3 is 4.40 Å². The van der Waals surface area contributed by atoms with Crippen LogP contribution < -0.4 is 0 Å². The van der Waals surface area contributed by atoms with Crippen LogP contribution in [0.25, 0.3) is 39.8 Å². The molecule has 28 heavy (non-hydrogen) atoms. The third kappa shape index (κ3) is 3.10. The van der Waals surface area contributed by atoms with Crippen molar-refractivity contribution in [2.45, 2.75) is 6.92 Å². The second-order valence-electron chi connectivity index (χ2n) is 7.12. The number of aryl methyl sites for hydroxylation is 1. The van der Waals surface area contributed by atoms with Crippen LogP contribution in [-0.2, 0) is 0 Å². The van der Waals surface area contributed by atoms with Crippen LogP contribution in [0.2, 0.25) is 0 Å². The van der Waals surface area contributed by atoms with E-state index in [9.17, 15) is 0 Å². The van der Waals surface area contributed by atoms with Gasteiger partial charge in [0.1, 0.15) is 5.65 Å². The number of benzene rings is 3. The van der Waals surface area contributed by atoms with Gasteiger partial charge in [-0.25, -0.2) is 4.98 Å². The Morgan fingerprint density at radius 3 is 2.54 bits per heavy atom. The smallest absolute Gasteiger partial charge is 0.138 e. The quantitative estimate of drug-likeness (QED) is 0.353. The largest absolute Gasteiger partial charge is 0.306 e. The molecule has 0 fully saturated rings. The summed E-state index contributed by atoms with van der Waals surface area (Å²) in [6.07, 6.45) is 8.49. The van der Waals surface area contributed by atoms with Gasteiger partial charge >= 0.3 is 0 Å². The summed E-state index contributed by atoms with van der Waals surface area (Å²) in [5.41, 5.74) is 6.71. The lowest BCUT2D eigenvalue weighted by Crippen LogP contribution is -1.83. The minimum absolute atomic E-state index is 0.954. The first kappa shape index (κ1) is 16.5. The zero-order valence-electron chi connectivity index (χ0n) is 15.7. The molecule has 2 heteroatoms. The molecule has 5 rings (SSSR count). The van der Waals surface area contributed by atoms with Crippen molar-refractivity contribution in [3.63, 3.8) is 0 Å². The molecule has 2 heterocycles. The summed E-state index contributed by atoms with van der Waals surface area (Å²) < 4.78 is 2.07. The minimum atomic E-state index is 0.954. The lowest BCUT2D eigenvalue weighted by Gasteiger charge is -2.02. The molecule has 0 bridgehead atoms. The van der Waals surface area contributed by atoms with Crippen LogP contribution in [0.15, 0.2) is 91.3 Å². The Morgan fingerprint density at radius 1 is 0.821 bits per heavy atom. The molecular weight excluding hydrogens is 340 g/mol. The van der Waals surface area contributed by atoms with Crippen molar-refractivity contribution in [3.05, 3.63) is 108 Å². The molecule has 5 aromatic rings. The van der Waals surface area contributed by atoms with Crippen LogP contribution in [0.1, 0.15) is 16.7 Å². The number of imidazole rings is 1. The molecule has 0 saturated heterocycles. The number of rotatable bonds is 3. The van der Waals surface area contributed by atoms with E-state index < -0.39 is 0 Å². The molecule has 0 unspecified atom stereocenters. The highest BCUT2D eigenvalue weighted by atomic mass is 15.0. The highest BCUT2D eigenvalue weighted by molar-refractivity contribution is 5.92. The third-order valence-corrected chi connectivity index (χ3v) is 5.11. The second kappa shape index (κ2) is 6.82. The Kier molecular flexibility index (Phi) is 4.02. The SMILES string of the molecule is Cc1ccc(-c2cn3ccc(/C=C/c4cccc5ccccc45)cc3n2)cc1. The summed E-state index contributed by atoms with van der Waals surface area (Å²) >= 11 is 0. The fraction of sp³-hybridized carbons (Fsp3) is 0.0385. The van der Waals surface area contributed by atoms with Gasteiger partial charge in [0, 0.05) is 18.0 Å². The molecule has 0 spiro atoms. The van der Waals surface area contributed by atoms with Crippen LogP contribution in [0.5, 0.6) is 0 Å². The fourth-order valence-electron chi connectivity index (χ4n) is 3.55. The molecule has 2 nitrogen and oxygen atoms in total. The molecule has 134 valence electrons. The lowest BCUT2D eigenvalue weighted by atomic mass is 10.0. The van der Waals surface area contributed by atoms with Gasteiger partial charge in [0.05, 0.1) is 5.69 Å². The summed E-state index contributed by atoms with van der Waals surface area (Å²) in [6, 6.07) is 27.6. The highest BCUT2D eigenvalue weighted by Crippen LogP contribution is 2.22. The first-order chi connectivity index (χ1) is 13.8. The minimum Gasteiger partial charge on any atom is -0.306 e. The van der Waals surface area contributed by atoms with Crippen molar-refractivity contribution in [2.24, 2.45) is 0 Å². The van der Waals surface area contributed by atoms with Gasteiger partial charge in [-0.3, -0.25) is 0 Å². The van der Waals surface area contributed by atoms with E-state index in [1.165, 1.54) is 21.9 Å². The van der Waals surface area contributed by atoms with E-state index in [1.54, 1.807) is 0 Å². The van der Waals surface area contributed by atoms with Crippen molar-refractivity contribution < 1.29 is 0 Å². The summed E-state index contributed by atoms with van der Waals surface area (Å²) in [5, 5.41) is 2.53. The molecule has 0 aliphatic rings. The molecule has 0 aliphatic carbocycles. The predicted octanol–water partition coefficient (Wildman–Crippen LogP) is 6.63. The van der Waals surface area contributed by atoms with E-state index in [0.717, 1.165) is 22.5 Å². The summed E-state index contributed by atoms with van der Waals surface area (Å²) in [6.45, 7) is 2.10. The topological polar surface area (TPSA) is 17.3 Å². The van der Waals surface area contributed by atoms with Crippen LogP contribution >= 0.6 is 0 Å². The van der Waals surface area contributed by atoms with Crippen LogP contribution in [0, 0.1) is 6.92 Å². The van der Waals surface area contributed by atoms with Gasteiger partial charge in [0.25, 0.3) is 0 Å². The van der Waals surface area contributed by atoms with E-state index in [4.69, 9.17) is 4.98 Å². The summed E-state index contributed by atoms with van der Waals surface area (Å²) in [4.78, 5) is 4.81. The molecule has 0 aliphatic heterocycles. The van der Waals surface area contributed by atoms with Gasteiger partial charge in [-0.15, -0.1) is 0 Å². The van der Waals surface area contributed by atoms with Gasteiger partial charge in [-0.2, -0.15) is 0 Å². The number of pyridine rings is 1. The third-order valence-electron chi connectivity index (χ3n) is 5.11. The maximum Gasteiger partial charge on any atom is 0.138 e. The standard InChI is InChI=1S/C26H20N2/c1-19-9-12-23(13-10-19)25-18-28-16-15-20(17-26(28)27-25)11-14-22-7-4-6-21-5-2-3-8-24(21)22/h2-18H,1H3/b14-11+. The van der Waals surface area contributed by atoms with E-state index in [2.05, 4.69) is 115 Å². The highest BCUT2D eigenvalue weighted by Gasteiger charge is 2.04. The summed E-state index contributed by atoms with van der Waals surface area (Å²) in [7, 11) is 0. The number of fused-ring (bicyclic) bond motifs is 2. The second-order valence-corrected chi connectivity index (χ2v) is 7.12. The number of hydrogen-bond donors (Lipinski definition) is 0. The Hall–Kier alpha value is -3.65. The maximum absolute atomic E-state index is 4.81. The Labute approximate surface area is 164 Å². The molecule has 0 amide bonds. The molecule has 0 N–H and O–H groups in total. The van der Waals surface area contributed by atoms with Crippen molar-refractivity contribution >= 4 is 28.6 Å². The lowest BCUT2D eigenvalue weighted by molar-refractivity contribution is 1.18. The fourth-order valence-corrected chi connectivity index (χ4v) is 3.55. The number of nitrogens with zero attached hydrogens (tertiary/aromatic N) is 2. The Morgan fingerprint density at radius 2 is 1.64 bits per heavy atom. The first-order valence-corrected chi connectivity index (χ1v) is 9.48.